The Balaban J connectivity index is 1.81. The number of hydrogen-bond donors (Lipinski definition) is 1. The molecule has 1 heterocycles. The summed E-state index contributed by atoms with van der Waals surface area (Å²) >= 11 is 0. The highest BCUT2D eigenvalue weighted by Crippen LogP contribution is 2.39. The van der Waals surface area contributed by atoms with Crippen LogP contribution in [0, 0.1) is 12.8 Å². The molecule has 2 heteroatoms. The van der Waals surface area contributed by atoms with Gasteiger partial charge < -0.3 is 10.1 Å². The van der Waals surface area contributed by atoms with Crippen LogP contribution < -0.4 is 10.1 Å². The fourth-order valence-electron chi connectivity index (χ4n) is 3.10. The molecule has 1 saturated carbocycles. The molecule has 0 amide bonds. The third-order valence-electron chi connectivity index (χ3n) is 4.36. The summed E-state index contributed by atoms with van der Waals surface area (Å²) in [4.78, 5) is 0. The van der Waals surface area contributed by atoms with E-state index in [1.807, 2.05) is 0 Å². The number of hydrogen-bond acceptors (Lipinski definition) is 2. The van der Waals surface area contributed by atoms with Gasteiger partial charge in [-0.1, -0.05) is 31.5 Å². The van der Waals surface area contributed by atoms with Crippen molar-refractivity contribution in [3.05, 3.63) is 29.3 Å². The summed E-state index contributed by atoms with van der Waals surface area (Å²) in [6, 6.07) is 7.76. The minimum atomic E-state index is 0.490. The molecule has 3 rings (SSSR count). The molecule has 1 fully saturated rings. The predicted octanol–water partition coefficient (Wildman–Crippen LogP) is 3.60. The van der Waals surface area contributed by atoms with Crippen molar-refractivity contribution < 1.29 is 4.74 Å². The Labute approximate surface area is 110 Å². The van der Waals surface area contributed by atoms with Crippen LogP contribution in [-0.4, -0.2) is 12.6 Å². The van der Waals surface area contributed by atoms with E-state index in [1.165, 1.54) is 30.4 Å². The lowest BCUT2D eigenvalue weighted by molar-refractivity contribution is 0.313. The second-order valence-electron chi connectivity index (χ2n) is 5.71. The van der Waals surface area contributed by atoms with Gasteiger partial charge in [0.1, 0.15) is 5.75 Å². The third-order valence-corrected chi connectivity index (χ3v) is 4.36. The summed E-state index contributed by atoms with van der Waals surface area (Å²) in [6.45, 7) is 5.30. The van der Waals surface area contributed by atoms with Crippen molar-refractivity contribution >= 4 is 0 Å². The van der Waals surface area contributed by atoms with Crippen molar-refractivity contribution in [2.45, 2.75) is 51.6 Å². The van der Waals surface area contributed by atoms with Crippen molar-refractivity contribution in [3.63, 3.8) is 0 Å². The van der Waals surface area contributed by atoms with Crippen molar-refractivity contribution in [1.29, 1.82) is 0 Å². The van der Waals surface area contributed by atoms with Gasteiger partial charge in [0.2, 0.25) is 0 Å². The van der Waals surface area contributed by atoms with Crippen molar-refractivity contribution in [3.8, 4) is 5.75 Å². The van der Waals surface area contributed by atoms with E-state index in [0.29, 0.717) is 6.04 Å². The van der Waals surface area contributed by atoms with Crippen LogP contribution >= 0.6 is 0 Å². The molecule has 18 heavy (non-hydrogen) atoms. The van der Waals surface area contributed by atoms with E-state index in [4.69, 9.17) is 4.74 Å². The predicted molar refractivity (Wildman–Crippen MR) is 74.0 cm³/mol. The van der Waals surface area contributed by atoms with Crippen molar-refractivity contribution in [2.24, 2.45) is 5.92 Å². The molecule has 2 nitrogen and oxygen atoms in total. The molecule has 0 bridgehead atoms. The number of aryl methyl sites for hydroxylation is 1. The van der Waals surface area contributed by atoms with Gasteiger partial charge in [-0.05, 0) is 37.7 Å². The Morgan fingerprint density at radius 3 is 3.06 bits per heavy atom. The van der Waals surface area contributed by atoms with Gasteiger partial charge in [-0.2, -0.15) is 0 Å². The Bertz CT molecular complexity index is 429. The van der Waals surface area contributed by atoms with E-state index in [-0.39, 0.29) is 0 Å². The van der Waals surface area contributed by atoms with E-state index < -0.39 is 0 Å². The first-order valence-corrected chi connectivity index (χ1v) is 7.28. The lowest BCUT2D eigenvalue weighted by Gasteiger charge is -2.19. The zero-order valence-electron chi connectivity index (χ0n) is 11.4. The first-order valence-electron chi connectivity index (χ1n) is 7.28. The van der Waals surface area contributed by atoms with E-state index in [0.717, 1.165) is 30.7 Å². The first kappa shape index (κ1) is 12.0. The van der Waals surface area contributed by atoms with Crippen LogP contribution in [0.3, 0.4) is 0 Å². The number of fused-ring (bicyclic) bond motifs is 1. The summed E-state index contributed by atoms with van der Waals surface area (Å²) < 4.78 is 5.92. The lowest BCUT2D eigenvalue weighted by Crippen LogP contribution is -2.24. The molecule has 1 aromatic carbocycles. The maximum atomic E-state index is 5.92. The normalized spacial score (nSPS) is 30.2. The van der Waals surface area contributed by atoms with E-state index in [2.05, 4.69) is 37.4 Å². The van der Waals surface area contributed by atoms with E-state index >= 15 is 0 Å². The SMILES string of the molecule is CCC1CC1NC1CCCOc2c(C)cccc21. The van der Waals surface area contributed by atoms with Gasteiger partial charge in [0, 0.05) is 17.6 Å². The smallest absolute Gasteiger partial charge is 0.126 e. The minimum absolute atomic E-state index is 0.490. The fourth-order valence-corrected chi connectivity index (χ4v) is 3.10. The Kier molecular flexibility index (Phi) is 3.29. The van der Waals surface area contributed by atoms with Crippen LogP contribution in [0.1, 0.15) is 49.8 Å². The van der Waals surface area contributed by atoms with Gasteiger partial charge in [-0.25, -0.2) is 0 Å². The molecule has 0 aromatic heterocycles. The maximum Gasteiger partial charge on any atom is 0.126 e. The zero-order valence-corrected chi connectivity index (χ0v) is 11.4. The Morgan fingerprint density at radius 1 is 1.39 bits per heavy atom. The molecular weight excluding hydrogens is 222 g/mol. The van der Waals surface area contributed by atoms with Gasteiger partial charge in [0.25, 0.3) is 0 Å². The van der Waals surface area contributed by atoms with Crippen LogP contribution in [0.4, 0.5) is 0 Å². The highest BCUT2D eigenvalue weighted by Gasteiger charge is 2.37. The lowest BCUT2D eigenvalue weighted by atomic mass is 9.99. The molecule has 3 unspecified atom stereocenters. The van der Waals surface area contributed by atoms with Crippen LogP contribution in [-0.2, 0) is 0 Å². The minimum Gasteiger partial charge on any atom is -0.493 e. The molecule has 0 spiro atoms. The van der Waals surface area contributed by atoms with E-state index in [9.17, 15) is 0 Å². The van der Waals surface area contributed by atoms with Crippen LogP contribution in [0.2, 0.25) is 0 Å². The number of para-hydroxylation sites is 1. The summed E-state index contributed by atoms with van der Waals surface area (Å²) in [5.74, 6) is 2.03. The van der Waals surface area contributed by atoms with Crippen LogP contribution in [0.15, 0.2) is 18.2 Å². The number of nitrogens with one attached hydrogen (secondary N) is 1. The summed E-state index contributed by atoms with van der Waals surface area (Å²) in [5.41, 5.74) is 2.64. The highest BCUT2D eigenvalue weighted by atomic mass is 16.5. The first-order chi connectivity index (χ1) is 8.79. The molecule has 0 saturated heterocycles. The average molecular weight is 245 g/mol. The molecular formula is C16H23NO. The van der Waals surface area contributed by atoms with Gasteiger partial charge in [0.15, 0.2) is 0 Å². The molecule has 0 radical (unpaired) electrons. The van der Waals surface area contributed by atoms with Gasteiger partial charge >= 0.3 is 0 Å². The number of rotatable bonds is 3. The molecule has 1 aliphatic heterocycles. The van der Waals surface area contributed by atoms with Crippen LogP contribution in [0.5, 0.6) is 5.75 Å². The summed E-state index contributed by atoms with van der Waals surface area (Å²) in [7, 11) is 0. The van der Waals surface area contributed by atoms with Gasteiger partial charge in [-0.3, -0.25) is 0 Å². The number of benzene rings is 1. The molecule has 1 aliphatic carbocycles. The second-order valence-corrected chi connectivity index (χ2v) is 5.71. The maximum absolute atomic E-state index is 5.92. The Hall–Kier alpha value is -1.02. The number of ether oxygens (including phenoxy) is 1. The highest BCUT2D eigenvalue weighted by molar-refractivity contribution is 5.43. The molecule has 3 atom stereocenters. The van der Waals surface area contributed by atoms with Crippen molar-refractivity contribution in [1.82, 2.24) is 5.32 Å². The van der Waals surface area contributed by atoms with Crippen LogP contribution in [0.25, 0.3) is 0 Å². The molecule has 2 aliphatic rings. The largest absolute Gasteiger partial charge is 0.493 e. The second kappa shape index (κ2) is 4.93. The summed E-state index contributed by atoms with van der Waals surface area (Å²) in [6.07, 6.45) is 5.01. The van der Waals surface area contributed by atoms with E-state index in [1.54, 1.807) is 0 Å². The summed E-state index contributed by atoms with van der Waals surface area (Å²) in [5, 5.41) is 3.84. The van der Waals surface area contributed by atoms with Gasteiger partial charge in [0.05, 0.1) is 6.61 Å². The monoisotopic (exact) mass is 245 g/mol. The van der Waals surface area contributed by atoms with Gasteiger partial charge in [-0.15, -0.1) is 0 Å². The quantitative estimate of drug-likeness (QED) is 0.878. The zero-order chi connectivity index (χ0) is 12.5. The molecule has 1 aromatic rings. The topological polar surface area (TPSA) is 21.3 Å². The Morgan fingerprint density at radius 2 is 2.28 bits per heavy atom. The fraction of sp³-hybridized carbons (Fsp3) is 0.625. The third kappa shape index (κ3) is 2.26. The van der Waals surface area contributed by atoms with Crippen molar-refractivity contribution in [2.75, 3.05) is 6.61 Å². The molecule has 98 valence electrons. The molecule has 1 N–H and O–H groups in total. The standard InChI is InChI=1S/C16H23NO/c1-3-12-10-15(12)17-14-8-5-9-18-16-11(2)6-4-7-13(14)16/h4,6-7,12,14-15,17H,3,5,8-10H2,1-2H3. The average Bonchev–Trinajstić information content (AvgIpc) is 3.14.